The van der Waals surface area contributed by atoms with Gasteiger partial charge in [0, 0.05) is 17.8 Å². The highest BCUT2D eigenvalue weighted by Gasteiger charge is 2.03. The van der Waals surface area contributed by atoms with Crippen LogP contribution in [0.2, 0.25) is 0 Å². The van der Waals surface area contributed by atoms with E-state index in [0.717, 1.165) is 17.0 Å². The van der Waals surface area contributed by atoms with Crippen LogP contribution in [0.3, 0.4) is 0 Å². The van der Waals surface area contributed by atoms with E-state index >= 15 is 0 Å². The second kappa shape index (κ2) is 6.63. The van der Waals surface area contributed by atoms with Crippen LogP contribution in [0.1, 0.15) is 11.1 Å². The van der Waals surface area contributed by atoms with Crippen molar-refractivity contribution in [1.29, 1.82) is 0 Å². The number of aryl methyl sites for hydroxylation is 1. The molecule has 2 rings (SSSR count). The Labute approximate surface area is 118 Å². The van der Waals surface area contributed by atoms with E-state index in [9.17, 15) is 4.39 Å². The Hall–Kier alpha value is -2.47. The molecule has 0 saturated heterocycles. The van der Waals surface area contributed by atoms with E-state index in [2.05, 4.69) is 11.2 Å². The average molecular weight is 269 g/mol. The summed E-state index contributed by atoms with van der Waals surface area (Å²) >= 11 is 0. The Morgan fingerprint density at radius 3 is 2.80 bits per heavy atom. The van der Waals surface area contributed by atoms with Crippen LogP contribution < -0.4 is 10.1 Å². The number of rotatable bonds is 5. The molecule has 0 bridgehead atoms. The quantitative estimate of drug-likeness (QED) is 0.834. The minimum atomic E-state index is -0.201. The van der Waals surface area contributed by atoms with E-state index in [1.165, 1.54) is 6.07 Å². The number of ether oxygens (including phenoxy) is 1. The molecule has 0 radical (unpaired) electrons. The van der Waals surface area contributed by atoms with E-state index in [4.69, 9.17) is 11.2 Å². The van der Waals surface area contributed by atoms with Crippen LogP contribution in [0, 0.1) is 25.1 Å². The Kier molecular flexibility index (Phi) is 4.62. The fourth-order valence-corrected chi connectivity index (χ4v) is 1.86. The van der Waals surface area contributed by atoms with E-state index in [1.54, 1.807) is 19.1 Å². The van der Waals surface area contributed by atoms with Crippen molar-refractivity contribution in [3.63, 3.8) is 0 Å². The van der Waals surface area contributed by atoms with Crippen molar-refractivity contribution in [2.75, 3.05) is 11.9 Å². The molecule has 3 heteroatoms. The molecule has 0 amide bonds. The van der Waals surface area contributed by atoms with E-state index in [-0.39, 0.29) is 12.4 Å². The number of terminal acetylenes is 1. The molecule has 102 valence electrons. The Bertz CT molecular complexity index is 631. The van der Waals surface area contributed by atoms with Crippen LogP contribution in [0.5, 0.6) is 5.75 Å². The van der Waals surface area contributed by atoms with Crippen LogP contribution in [0.25, 0.3) is 0 Å². The highest BCUT2D eigenvalue weighted by atomic mass is 19.1. The van der Waals surface area contributed by atoms with Gasteiger partial charge in [0.15, 0.2) is 0 Å². The molecule has 0 fully saturated rings. The lowest BCUT2D eigenvalue weighted by Gasteiger charge is -2.12. The van der Waals surface area contributed by atoms with E-state index in [0.29, 0.717) is 12.1 Å². The van der Waals surface area contributed by atoms with Gasteiger partial charge in [0.2, 0.25) is 0 Å². The molecular weight excluding hydrogens is 253 g/mol. The fourth-order valence-electron chi connectivity index (χ4n) is 1.86. The maximum Gasteiger partial charge on any atom is 0.148 e. The van der Waals surface area contributed by atoms with Gasteiger partial charge < -0.3 is 10.1 Å². The number of nitrogens with one attached hydrogen (secondary N) is 1. The first kappa shape index (κ1) is 14.0. The van der Waals surface area contributed by atoms with E-state index < -0.39 is 0 Å². The highest BCUT2D eigenvalue weighted by molar-refractivity contribution is 5.47. The van der Waals surface area contributed by atoms with Gasteiger partial charge in [-0.2, -0.15) is 0 Å². The standard InChI is InChI=1S/C17H16FNO/c1-3-10-20-17-7-5-4-6-14(17)12-19-15-8-9-16(18)13(2)11-15/h1,4-9,11,19H,10,12H2,2H3. The molecule has 1 N–H and O–H groups in total. The van der Waals surface area contributed by atoms with Crippen molar-refractivity contribution in [3.8, 4) is 18.1 Å². The summed E-state index contributed by atoms with van der Waals surface area (Å²) in [4.78, 5) is 0. The van der Waals surface area contributed by atoms with Crippen LogP contribution in [0.4, 0.5) is 10.1 Å². The number of para-hydroxylation sites is 1. The zero-order chi connectivity index (χ0) is 14.4. The van der Waals surface area contributed by atoms with Gasteiger partial charge in [-0.25, -0.2) is 4.39 Å². The van der Waals surface area contributed by atoms with Crippen molar-refractivity contribution in [1.82, 2.24) is 0 Å². The molecule has 20 heavy (non-hydrogen) atoms. The largest absolute Gasteiger partial charge is 0.481 e. The van der Waals surface area contributed by atoms with Crippen molar-refractivity contribution >= 4 is 5.69 Å². The normalized spacial score (nSPS) is 9.85. The third-order valence-electron chi connectivity index (χ3n) is 2.92. The molecule has 0 spiro atoms. The number of benzene rings is 2. The lowest BCUT2D eigenvalue weighted by atomic mass is 10.1. The zero-order valence-corrected chi connectivity index (χ0v) is 11.3. The Balaban J connectivity index is 2.06. The maximum absolute atomic E-state index is 13.2. The second-order valence-corrected chi connectivity index (χ2v) is 4.42. The van der Waals surface area contributed by atoms with Crippen LogP contribution in [-0.2, 0) is 6.54 Å². The molecule has 0 unspecified atom stereocenters. The third kappa shape index (κ3) is 3.52. The number of hydrogen-bond acceptors (Lipinski definition) is 2. The molecule has 0 aliphatic carbocycles. The number of hydrogen-bond donors (Lipinski definition) is 1. The summed E-state index contributed by atoms with van der Waals surface area (Å²) in [6.45, 7) is 2.57. The highest BCUT2D eigenvalue weighted by Crippen LogP contribution is 2.20. The molecular formula is C17H16FNO. The first-order chi connectivity index (χ1) is 9.70. The third-order valence-corrected chi connectivity index (χ3v) is 2.92. The minimum Gasteiger partial charge on any atom is -0.481 e. The summed E-state index contributed by atoms with van der Waals surface area (Å²) < 4.78 is 18.7. The molecule has 0 aromatic heterocycles. The van der Waals surface area contributed by atoms with Gasteiger partial charge in [-0.15, -0.1) is 6.42 Å². The molecule has 0 atom stereocenters. The Morgan fingerprint density at radius 2 is 2.05 bits per heavy atom. The smallest absolute Gasteiger partial charge is 0.148 e. The first-order valence-corrected chi connectivity index (χ1v) is 6.35. The second-order valence-electron chi connectivity index (χ2n) is 4.42. The fraction of sp³-hybridized carbons (Fsp3) is 0.176. The van der Waals surface area contributed by atoms with E-state index in [1.807, 2.05) is 24.3 Å². The summed E-state index contributed by atoms with van der Waals surface area (Å²) in [5, 5.41) is 3.25. The first-order valence-electron chi connectivity index (χ1n) is 6.35. The monoisotopic (exact) mass is 269 g/mol. The predicted octanol–water partition coefficient (Wildman–Crippen LogP) is 3.76. The summed E-state index contributed by atoms with van der Waals surface area (Å²) in [6.07, 6.45) is 5.20. The molecule has 2 aromatic carbocycles. The van der Waals surface area contributed by atoms with Gasteiger partial charge in [0.25, 0.3) is 0 Å². The van der Waals surface area contributed by atoms with Gasteiger partial charge in [0.05, 0.1) is 0 Å². The van der Waals surface area contributed by atoms with Crippen LogP contribution in [-0.4, -0.2) is 6.61 Å². The minimum absolute atomic E-state index is 0.201. The van der Waals surface area contributed by atoms with Crippen molar-refractivity contribution in [2.24, 2.45) is 0 Å². The van der Waals surface area contributed by atoms with Gasteiger partial charge in [0.1, 0.15) is 18.2 Å². The molecule has 0 saturated carbocycles. The van der Waals surface area contributed by atoms with Gasteiger partial charge in [-0.3, -0.25) is 0 Å². The Morgan fingerprint density at radius 1 is 1.25 bits per heavy atom. The number of anilines is 1. The van der Waals surface area contributed by atoms with Gasteiger partial charge in [-0.1, -0.05) is 24.1 Å². The molecule has 0 aliphatic heterocycles. The van der Waals surface area contributed by atoms with Gasteiger partial charge >= 0.3 is 0 Å². The van der Waals surface area contributed by atoms with Crippen molar-refractivity contribution in [2.45, 2.75) is 13.5 Å². The molecule has 0 heterocycles. The van der Waals surface area contributed by atoms with Crippen LogP contribution in [0.15, 0.2) is 42.5 Å². The summed E-state index contributed by atoms with van der Waals surface area (Å²) in [5.41, 5.74) is 2.49. The summed E-state index contributed by atoms with van der Waals surface area (Å²) in [5.74, 6) is 3.01. The van der Waals surface area contributed by atoms with Gasteiger partial charge in [-0.05, 0) is 36.8 Å². The topological polar surface area (TPSA) is 21.3 Å². The van der Waals surface area contributed by atoms with Crippen LogP contribution >= 0.6 is 0 Å². The predicted molar refractivity (Wildman–Crippen MR) is 79.2 cm³/mol. The van der Waals surface area contributed by atoms with Crippen molar-refractivity contribution in [3.05, 3.63) is 59.4 Å². The maximum atomic E-state index is 13.2. The lowest BCUT2D eigenvalue weighted by molar-refractivity contribution is 0.366. The lowest BCUT2D eigenvalue weighted by Crippen LogP contribution is -2.04. The molecule has 2 aromatic rings. The average Bonchev–Trinajstić information content (AvgIpc) is 2.47. The SMILES string of the molecule is C#CCOc1ccccc1CNc1ccc(F)c(C)c1. The summed E-state index contributed by atoms with van der Waals surface area (Å²) in [7, 11) is 0. The summed E-state index contributed by atoms with van der Waals surface area (Å²) in [6, 6.07) is 12.6. The van der Waals surface area contributed by atoms with Crippen molar-refractivity contribution < 1.29 is 9.13 Å². The molecule has 2 nitrogen and oxygen atoms in total. The number of halogens is 1. The zero-order valence-electron chi connectivity index (χ0n) is 11.3. The molecule has 0 aliphatic rings.